The van der Waals surface area contributed by atoms with Crippen LogP contribution in [0.4, 0.5) is 0 Å². The third kappa shape index (κ3) is 2.77. The Kier molecular flexibility index (Phi) is 4.40. The lowest BCUT2D eigenvalue weighted by Crippen LogP contribution is -2.60. The van der Waals surface area contributed by atoms with E-state index in [9.17, 15) is 0 Å². The molecule has 3 aliphatic heterocycles. The summed E-state index contributed by atoms with van der Waals surface area (Å²) in [4.78, 5) is 5.58. The van der Waals surface area contributed by atoms with Gasteiger partial charge in [-0.15, -0.1) is 0 Å². The fourth-order valence-electron chi connectivity index (χ4n) is 4.61. The Morgan fingerprint density at radius 3 is 2.80 bits per heavy atom. The largest absolute Gasteiger partial charge is 0.316 e. The zero-order valence-corrected chi connectivity index (χ0v) is 13.7. The van der Waals surface area contributed by atoms with Crippen molar-refractivity contribution in [3.63, 3.8) is 0 Å². The van der Waals surface area contributed by atoms with Gasteiger partial charge in [0.2, 0.25) is 0 Å². The first-order valence-corrected chi connectivity index (χ1v) is 8.79. The Labute approximate surface area is 125 Å². The molecule has 0 aliphatic carbocycles. The van der Waals surface area contributed by atoms with Gasteiger partial charge in [-0.3, -0.25) is 9.80 Å². The number of fused-ring (bicyclic) bond motifs is 1. The molecule has 1 N–H and O–H groups in total. The average molecular weight is 279 g/mol. The average Bonchev–Trinajstić information content (AvgIpc) is 2.89. The van der Waals surface area contributed by atoms with Gasteiger partial charge in [0.05, 0.1) is 0 Å². The van der Waals surface area contributed by atoms with Crippen LogP contribution in [0.25, 0.3) is 0 Å². The zero-order chi connectivity index (χ0) is 14.2. The Morgan fingerprint density at radius 1 is 1.25 bits per heavy atom. The first-order valence-electron chi connectivity index (χ1n) is 8.79. The van der Waals surface area contributed by atoms with Gasteiger partial charge in [0.25, 0.3) is 0 Å². The van der Waals surface area contributed by atoms with Crippen LogP contribution in [-0.2, 0) is 0 Å². The van der Waals surface area contributed by atoms with Gasteiger partial charge in [-0.2, -0.15) is 0 Å². The van der Waals surface area contributed by atoms with Gasteiger partial charge in [0, 0.05) is 38.3 Å². The summed E-state index contributed by atoms with van der Waals surface area (Å²) in [5, 5.41) is 3.62. The lowest BCUT2D eigenvalue weighted by Gasteiger charge is -2.50. The highest BCUT2D eigenvalue weighted by Crippen LogP contribution is 2.36. The van der Waals surface area contributed by atoms with Gasteiger partial charge in [0.15, 0.2) is 0 Å². The van der Waals surface area contributed by atoms with Crippen LogP contribution in [0.2, 0.25) is 0 Å². The highest BCUT2D eigenvalue weighted by atomic mass is 15.3. The first kappa shape index (κ1) is 14.8. The highest BCUT2D eigenvalue weighted by molar-refractivity contribution is 4.97. The number of piperidine rings is 1. The molecule has 3 aliphatic rings. The quantitative estimate of drug-likeness (QED) is 0.854. The van der Waals surface area contributed by atoms with Crippen LogP contribution in [0.3, 0.4) is 0 Å². The molecule has 0 bridgehead atoms. The van der Waals surface area contributed by atoms with Crippen LogP contribution < -0.4 is 5.32 Å². The van der Waals surface area contributed by atoms with Crippen LogP contribution in [0.1, 0.15) is 46.5 Å². The van der Waals surface area contributed by atoms with E-state index in [1.54, 1.807) is 0 Å². The van der Waals surface area contributed by atoms with Crippen molar-refractivity contribution in [2.24, 2.45) is 11.3 Å². The minimum absolute atomic E-state index is 0.519. The predicted molar refractivity (Wildman–Crippen MR) is 85.0 cm³/mol. The Morgan fingerprint density at radius 2 is 2.10 bits per heavy atom. The van der Waals surface area contributed by atoms with E-state index < -0.39 is 0 Å². The number of rotatable bonds is 3. The van der Waals surface area contributed by atoms with Gasteiger partial charge >= 0.3 is 0 Å². The summed E-state index contributed by atoms with van der Waals surface area (Å²) in [5.41, 5.74) is 0.519. The highest BCUT2D eigenvalue weighted by Gasteiger charge is 2.41. The van der Waals surface area contributed by atoms with Crippen molar-refractivity contribution in [2.75, 3.05) is 39.3 Å². The second-order valence-corrected chi connectivity index (χ2v) is 7.87. The monoisotopic (exact) mass is 279 g/mol. The summed E-state index contributed by atoms with van der Waals surface area (Å²) in [7, 11) is 0. The smallest absolute Gasteiger partial charge is 0.0223 e. The molecule has 116 valence electrons. The molecule has 20 heavy (non-hydrogen) atoms. The minimum atomic E-state index is 0.519. The zero-order valence-electron chi connectivity index (χ0n) is 13.7. The molecule has 0 aromatic rings. The van der Waals surface area contributed by atoms with Gasteiger partial charge in [-0.05, 0) is 50.6 Å². The van der Waals surface area contributed by atoms with Crippen LogP contribution >= 0.6 is 0 Å². The third-order valence-corrected chi connectivity index (χ3v) is 6.34. The van der Waals surface area contributed by atoms with E-state index >= 15 is 0 Å². The van der Waals surface area contributed by atoms with E-state index in [2.05, 4.69) is 35.9 Å². The Bertz CT molecular complexity index is 322. The fraction of sp³-hybridized carbons (Fsp3) is 1.00. The van der Waals surface area contributed by atoms with Crippen molar-refractivity contribution in [1.29, 1.82) is 0 Å². The topological polar surface area (TPSA) is 18.5 Å². The summed E-state index contributed by atoms with van der Waals surface area (Å²) in [5.74, 6) is 0.786. The standard InChI is InChI=1S/C17H33N3/c1-14(2)17(7-8-18-12-17)13-20-11-16-6-4-5-9-19(16)10-15(20)3/h14-16,18H,4-13H2,1-3H3. The van der Waals surface area contributed by atoms with Crippen molar-refractivity contribution >= 4 is 0 Å². The minimum Gasteiger partial charge on any atom is -0.316 e. The molecule has 3 atom stereocenters. The van der Waals surface area contributed by atoms with Crippen molar-refractivity contribution < 1.29 is 0 Å². The molecule has 0 aromatic heterocycles. The van der Waals surface area contributed by atoms with Crippen LogP contribution in [0.15, 0.2) is 0 Å². The van der Waals surface area contributed by atoms with Crippen LogP contribution in [-0.4, -0.2) is 61.2 Å². The van der Waals surface area contributed by atoms with Gasteiger partial charge in [-0.25, -0.2) is 0 Å². The summed E-state index contributed by atoms with van der Waals surface area (Å²) >= 11 is 0. The predicted octanol–water partition coefficient (Wildman–Crippen LogP) is 2.18. The van der Waals surface area contributed by atoms with Crippen molar-refractivity contribution in [3.05, 3.63) is 0 Å². The van der Waals surface area contributed by atoms with Crippen molar-refractivity contribution in [2.45, 2.75) is 58.5 Å². The van der Waals surface area contributed by atoms with Crippen LogP contribution in [0, 0.1) is 11.3 Å². The molecule has 3 unspecified atom stereocenters. The maximum Gasteiger partial charge on any atom is 0.0223 e. The molecule has 0 spiro atoms. The lowest BCUT2D eigenvalue weighted by atomic mass is 9.75. The summed E-state index contributed by atoms with van der Waals surface area (Å²) in [6.07, 6.45) is 5.65. The summed E-state index contributed by atoms with van der Waals surface area (Å²) in [6, 6.07) is 1.58. The second-order valence-electron chi connectivity index (χ2n) is 7.87. The summed E-state index contributed by atoms with van der Waals surface area (Å²) < 4.78 is 0. The molecule has 3 saturated heterocycles. The molecule has 0 radical (unpaired) electrons. The van der Waals surface area contributed by atoms with E-state index in [1.165, 1.54) is 65.0 Å². The molecule has 3 heteroatoms. The number of nitrogens with zero attached hydrogens (tertiary/aromatic N) is 2. The van der Waals surface area contributed by atoms with E-state index in [0.717, 1.165) is 18.0 Å². The molecular formula is C17H33N3. The Balaban J connectivity index is 1.67. The molecular weight excluding hydrogens is 246 g/mol. The number of hydrogen-bond acceptors (Lipinski definition) is 3. The van der Waals surface area contributed by atoms with Gasteiger partial charge in [0.1, 0.15) is 0 Å². The van der Waals surface area contributed by atoms with E-state index in [4.69, 9.17) is 0 Å². The molecule has 3 fully saturated rings. The van der Waals surface area contributed by atoms with E-state index in [-0.39, 0.29) is 0 Å². The SMILES string of the molecule is CC1CN2CCCCC2CN1CC1(C(C)C)CCNC1. The molecule has 0 amide bonds. The van der Waals surface area contributed by atoms with Crippen molar-refractivity contribution in [3.8, 4) is 0 Å². The molecule has 0 aromatic carbocycles. The molecule has 3 nitrogen and oxygen atoms in total. The third-order valence-electron chi connectivity index (χ3n) is 6.34. The van der Waals surface area contributed by atoms with Gasteiger partial charge < -0.3 is 5.32 Å². The Hall–Kier alpha value is -0.120. The maximum absolute atomic E-state index is 3.62. The fourth-order valence-corrected chi connectivity index (χ4v) is 4.61. The second kappa shape index (κ2) is 5.94. The van der Waals surface area contributed by atoms with E-state index in [1.807, 2.05) is 0 Å². The number of nitrogens with one attached hydrogen (secondary N) is 1. The normalized spacial score (nSPS) is 40.2. The summed E-state index contributed by atoms with van der Waals surface area (Å²) in [6.45, 7) is 15.0. The first-order chi connectivity index (χ1) is 9.61. The maximum atomic E-state index is 3.62. The molecule has 0 saturated carbocycles. The van der Waals surface area contributed by atoms with Gasteiger partial charge in [-0.1, -0.05) is 20.3 Å². The number of hydrogen-bond donors (Lipinski definition) is 1. The van der Waals surface area contributed by atoms with Crippen molar-refractivity contribution in [1.82, 2.24) is 15.1 Å². The van der Waals surface area contributed by atoms with Crippen LogP contribution in [0.5, 0.6) is 0 Å². The molecule has 3 heterocycles. The number of piperazine rings is 1. The van der Waals surface area contributed by atoms with E-state index in [0.29, 0.717) is 5.41 Å². The molecule has 3 rings (SSSR count). The lowest BCUT2D eigenvalue weighted by molar-refractivity contribution is -0.0126.